The van der Waals surface area contributed by atoms with E-state index in [-0.39, 0.29) is 5.75 Å². The van der Waals surface area contributed by atoms with Gasteiger partial charge >= 0.3 is 0 Å². The van der Waals surface area contributed by atoms with Gasteiger partial charge in [0.25, 0.3) is 6.43 Å². The van der Waals surface area contributed by atoms with Crippen molar-refractivity contribution in [3.63, 3.8) is 0 Å². The lowest BCUT2D eigenvalue weighted by molar-refractivity contribution is 0.153. The maximum atomic E-state index is 12.0. The van der Waals surface area contributed by atoms with Gasteiger partial charge in [0.15, 0.2) is 0 Å². The lowest BCUT2D eigenvalue weighted by Crippen LogP contribution is -2.29. The molecular weight excluding hydrogens is 274 g/mol. The Morgan fingerprint density at radius 1 is 1.26 bits per heavy atom. The van der Waals surface area contributed by atoms with Crippen molar-refractivity contribution < 1.29 is 17.2 Å². The van der Waals surface area contributed by atoms with Gasteiger partial charge in [0, 0.05) is 6.54 Å². The molecule has 0 spiro atoms. The minimum Gasteiger partial charge on any atom is -0.313 e. The predicted octanol–water partition coefficient (Wildman–Crippen LogP) is 1.48. The molecule has 0 saturated carbocycles. The quantitative estimate of drug-likeness (QED) is 0.763. The topological polar surface area (TPSA) is 58.2 Å². The van der Waals surface area contributed by atoms with Crippen LogP contribution in [0.4, 0.5) is 8.78 Å². The standard InChI is InChI=1S/C12H18F2N2O2S/c1-2-15-7-10-4-3-5-11(6-10)9-19(17,18)16-8-12(13)14/h3-6,12,15-16H,2,7-9H2,1H3. The van der Waals surface area contributed by atoms with E-state index < -0.39 is 23.0 Å². The Morgan fingerprint density at radius 2 is 1.95 bits per heavy atom. The molecule has 0 bridgehead atoms. The molecule has 0 unspecified atom stereocenters. The van der Waals surface area contributed by atoms with Gasteiger partial charge in [-0.1, -0.05) is 31.2 Å². The van der Waals surface area contributed by atoms with Crippen LogP contribution in [0.25, 0.3) is 0 Å². The van der Waals surface area contributed by atoms with E-state index in [2.05, 4.69) is 5.32 Å². The maximum Gasteiger partial charge on any atom is 0.251 e. The molecule has 0 saturated heterocycles. The monoisotopic (exact) mass is 292 g/mol. The van der Waals surface area contributed by atoms with Crippen molar-refractivity contribution >= 4 is 10.0 Å². The van der Waals surface area contributed by atoms with Crippen LogP contribution < -0.4 is 10.0 Å². The average Bonchev–Trinajstić information content (AvgIpc) is 2.34. The Labute approximate surface area is 112 Å². The average molecular weight is 292 g/mol. The SMILES string of the molecule is CCNCc1cccc(CS(=O)(=O)NCC(F)F)c1. The molecule has 0 radical (unpaired) electrons. The van der Waals surface area contributed by atoms with Crippen LogP contribution in [0.3, 0.4) is 0 Å². The van der Waals surface area contributed by atoms with Crippen LogP contribution in [0, 0.1) is 0 Å². The summed E-state index contributed by atoms with van der Waals surface area (Å²) < 4.78 is 49.0. The highest BCUT2D eigenvalue weighted by Gasteiger charge is 2.14. The van der Waals surface area contributed by atoms with Gasteiger partial charge in [-0.2, -0.15) is 0 Å². The molecule has 0 fully saturated rings. The number of nitrogens with one attached hydrogen (secondary N) is 2. The van der Waals surface area contributed by atoms with Crippen LogP contribution >= 0.6 is 0 Å². The summed E-state index contributed by atoms with van der Waals surface area (Å²) in [5.74, 6) is -0.292. The van der Waals surface area contributed by atoms with Crippen molar-refractivity contribution in [2.45, 2.75) is 25.6 Å². The van der Waals surface area contributed by atoms with Crippen LogP contribution in [-0.4, -0.2) is 27.9 Å². The second kappa shape index (κ2) is 7.52. The zero-order valence-electron chi connectivity index (χ0n) is 10.7. The molecule has 19 heavy (non-hydrogen) atoms. The normalized spacial score (nSPS) is 12.0. The summed E-state index contributed by atoms with van der Waals surface area (Å²) in [6, 6.07) is 7.05. The van der Waals surface area contributed by atoms with Gasteiger partial charge in [-0.05, 0) is 17.7 Å². The van der Waals surface area contributed by atoms with E-state index in [0.29, 0.717) is 12.1 Å². The van der Waals surface area contributed by atoms with Gasteiger partial charge in [-0.25, -0.2) is 21.9 Å². The summed E-state index contributed by atoms with van der Waals surface area (Å²) in [5, 5.41) is 3.13. The Balaban J connectivity index is 2.65. The van der Waals surface area contributed by atoms with Gasteiger partial charge in [-0.15, -0.1) is 0 Å². The van der Waals surface area contributed by atoms with Crippen molar-refractivity contribution in [1.82, 2.24) is 10.0 Å². The van der Waals surface area contributed by atoms with Crippen molar-refractivity contribution in [3.8, 4) is 0 Å². The summed E-state index contributed by atoms with van der Waals surface area (Å²) in [6.45, 7) is 2.59. The van der Waals surface area contributed by atoms with Gasteiger partial charge in [0.05, 0.1) is 12.3 Å². The summed E-state index contributed by atoms with van der Waals surface area (Å²) in [7, 11) is -3.72. The smallest absolute Gasteiger partial charge is 0.251 e. The van der Waals surface area contributed by atoms with Crippen LogP contribution in [0.15, 0.2) is 24.3 Å². The van der Waals surface area contributed by atoms with Crippen LogP contribution in [0.5, 0.6) is 0 Å². The molecule has 108 valence electrons. The zero-order valence-corrected chi connectivity index (χ0v) is 11.5. The third-order valence-electron chi connectivity index (χ3n) is 2.38. The van der Waals surface area contributed by atoms with Gasteiger partial charge in [-0.3, -0.25) is 0 Å². The Kier molecular flexibility index (Phi) is 6.33. The Hall–Kier alpha value is -1.05. The first kappa shape index (κ1) is 16.0. The molecule has 0 atom stereocenters. The summed E-state index contributed by atoms with van der Waals surface area (Å²) in [4.78, 5) is 0. The number of halogens is 2. The van der Waals surface area contributed by atoms with Crippen molar-refractivity contribution in [1.29, 1.82) is 0 Å². The van der Waals surface area contributed by atoms with Crippen LogP contribution in [0.1, 0.15) is 18.1 Å². The third kappa shape index (κ3) is 6.60. The molecule has 0 heterocycles. The predicted molar refractivity (Wildman–Crippen MR) is 70.5 cm³/mol. The Bertz CT molecular complexity index is 492. The van der Waals surface area contributed by atoms with E-state index >= 15 is 0 Å². The summed E-state index contributed by atoms with van der Waals surface area (Å²) in [5.41, 5.74) is 1.54. The number of alkyl halides is 2. The van der Waals surface area contributed by atoms with Crippen LogP contribution in [0.2, 0.25) is 0 Å². The number of hydrogen-bond donors (Lipinski definition) is 2. The van der Waals surface area contributed by atoms with E-state index in [1.807, 2.05) is 17.7 Å². The molecule has 4 nitrogen and oxygen atoms in total. The highest BCUT2D eigenvalue weighted by atomic mass is 32.2. The zero-order chi connectivity index (χ0) is 14.3. The lowest BCUT2D eigenvalue weighted by atomic mass is 10.1. The summed E-state index contributed by atoms with van der Waals surface area (Å²) >= 11 is 0. The van der Waals surface area contributed by atoms with E-state index in [9.17, 15) is 17.2 Å². The number of sulfonamides is 1. The largest absolute Gasteiger partial charge is 0.313 e. The molecule has 1 rings (SSSR count). The molecule has 0 aliphatic carbocycles. The van der Waals surface area contributed by atoms with Gasteiger partial charge in [0.1, 0.15) is 0 Å². The molecule has 0 aliphatic rings. The van der Waals surface area contributed by atoms with Crippen molar-refractivity contribution in [2.24, 2.45) is 0 Å². The number of benzene rings is 1. The first-order valence-corrected chi connectivity index (χ1v) is 7.62. The van der Waals surface area contributed by atoms with E-state index in [1.165, 1.54) is 0 Å². The fourth-order valence-corrected chi connectivity index (χ4v) is 2.66. The Morgan fingerprint density at radius 3 is 2.58 bits per heavy atom. The number of hydrogen-bond acceptors (Lipinski definition) is 3. The number of rotatable bonds is 8. The molecule has 1 aromatic carbocycles. The fourth-order valence-electron chi connectivity index (χ4n) is 1.56. The highest BCUT2D eigenvalue weighted by Crippen LogP contribution is 2.09. The molecule has 7 heteroatoms. The molecule has 2 N–H and O–H groups in total. The summed E-state index contributed by atoms with van der Waals surface area (Å²) in [6.07, 6.45) is -2.69. The highest BCUT2D eigenvalue weighted by molar-refractivity contribution is 7.88. The van der Waals surface area contributed by atoms with Gasteiger partial charge < -0.3 is 5.32 Å². The van der Waals surface area contributed by atoms with E-state index in [1.54, 1.807) is 18.2 Å². The molecule has 0 aromatic heterocycles. The van der Waals surface area contributed by atoms with E-state index in [0.717, 1.165) is 12.1 Å². The minimum absolute atomic E-state index is 0.292. The second-order valence-corrected chi connectivity index (χ2v) is 5.91. The first-order chi connectivity index (χ1) is 8.93. The van der Waals surface area contributed by atoms with E-state index in [4.69, 9.17) is 0 Å². The van der Waals surface area contributed by atoms with Gasteiger partial charge in [0.2, 0.25) is 10.0 Å². The minimum atomic E-state index is -3.72. The second-order valence-electron chi connectivity index (χ2n) is 4.10. The molecule has 1 aromatic rings. The molecule has 0 aliphatic heterocycles. The molecule has 0 amide bonds. The first-order valence-electron chi connectivity index (χ1n) is 5.97. The fraction of sp³-hybridized carbons (Fsp3) is 0.500. The lowest BCUT2D eigenvalue weighted by Gasteiger charge is -2.08. The van der Waals surface area contributed by atoms with Crippen LogP contribution in [-0.2, 0) is 22.3 Å². The van der Waals surface area contributed by atoms with Crippen molar-refractivity contribution in [3.05, 3.63) is 35.4 Å². The molecular formula is C12H18F2N2O2S. The maximum absolute atomic E-state index is 12.0. The third-order valence-corrected chi connectivity index (χ3v) is 3.70. The van der Waals surface area contributed by atoms with Crippen molar-refractivity contribution in [2.75, 3.05) is 13.1 Å².